The summed E-state index contributed by atoms with van der Waals surface area (Å²) < 4.78 is 0. The van der Waals surface area contributed by atoms with Crippen molar-refractivity contribution in [2.75, 3.05) is 44.6 Å². The van der Waals surface area contributed by atoms with Gasteiger partial charge in [-0.3, -0.25) is 4.79 Å². The van der Waals surface area contributed by atoms with Gasteiger partial charge in [-0.15, -0.1) is 0 Å². The van der Waals surface area contributed by atoms with Crippen molar-refractivity contribution in [1.82, 2.24) is 15.1 Å². The molecule has 0 radical (unpaired) electrons. The summed E-state index contributed by atoms with van der Waals surface area (Å²) in [5, 5.41) is 6.38. The molecule has 3 amide bonds. The van der Waals surface area contributed by atoms with E-state index in [0.29, 0.717) is 44.4 Å². The van der Waals surface area contributed by atoms with E-state index >= 15 is 0 Å². The summed E-state index contributed by atoms with van der Waals surface area (Å²) in [5.74, 6) is 1.24. The van der Waals surface area contributed by atoms with Crippen LogP contribution in [0.5, 0.6) is 0 Å². The van der Waals surface area contributed by atoms with Gasteiger partial charge in [0.1, 0.15) is 0 Å². The maximum atomic E-state index is 12.6. The Kier molecular flexibility index (Phi) is 6.72. The third kappa shape index (κ3) is 5.45. The van der Waals surface area contributed by atoms with Gasteiger partial charge >= 0.3 is 6.03 Å². The summed E-state index contributed by atoms with van der Waals surface area (Å²) in [4.78, 5) is 28.8. The highest BCUT2D eigenvalue weighted by atomic mass is 16.2. The number of anilines is 1. The molecule has 2 saturated heterocycles. The first-order valence-electron chi connectivity index (χ1n) is 10.1. The third-order valence-electron chi connectivity index (χ3n) is 5.83. The van der Waals surface area contributed by atoms with E-state index in [1.165, 1.54) is 12.8 Å². The molecule has 2 fully saturated rings. The Morgan fingerprint density at radius 1 is 1.22 bits per heavy atom. The van der Waals surface area contributed by atoms with E-state index in [1.807, 2.05) is 36.1 Å². The van der Waals surface area contributed by atoms with Gasteiger partial charge in [0.25, 0.3) is 0 Å². The maximum Gasteiger partial charge on any atom is 0.321 e. The molecule has 3 rings (SSSR count). The van der Waals surface area contributed by atoms with Crippen molar-refractivity contribution in [3.8, 4) is 0 Å². The second kappa shape index (κ2) is 9.22. The highest BCUT2D eigenvalue weighted by Crippen LogP contribution is 2.23. The number of nitrogens with zero attached hydrogens (tertiary/aromatic N) is 2. The minimum Gasteiger partial charge on any atom is -0.339 e. The van der Waals surface area contributed by atoms with Gasteiger partial charge in [0, 0.05) is 38.3 Å². The zero-order valence-electron chi connectivity index (χ0n) is 16.5. The summed E-state index contributed by atoms with van der Waals surface area (Å²) in [5.41, 5.74) is 1.93. The first-order chi connectivity index (χ1) is 13.0. The van der Waals surface area contributed by atoms with Gasteiger partial charge in [-0.25, -0.2) is 4.79 Å². The van der Waals surface area contributed by atoms with Gasteiger partial charge in [0.2, 0.25) is 5.91 Å². The van der Waals surface area contributed by atoms with E-state index in [9.17, 15) is 9.59 Å². The second-order valence-corrected chi connectivity index (χ2v) is 7.96. The number of urea groups is 1. The smallest absolute Gasteiger partial charge is 0.321 e. The molecule has 27 heavy (non-hydrogen) atoms. The van der Waals surface area contributed by atoms with Crippen molar-refractivity contribution in [3.05, 3.63) is 29.8 Å². The maximum absolute atomic E-state index is 12.6. The van der Waals surface area contributed by atoms with Gasteiger partial charge in [-0.1, -0.05) is 19.1 Å². The number of rotatable bonds is 4. The number of carbonyl (C=O) groups excluding carboxylic acids is 2. The number of piperidine rings is 1. The topological polar surface area (TPSA) is 64.7 Å². The summed E-state index contributed by atoms with van der Waals surface area (Å²) >= 11 is 0. The van der Waals surface area contributed by atoms with E-state index in [2.05, 4.69) is 17.6 Å². The van der Waals surface area contributed by atoms with Gasteiger partial charge in [-0.2, -0.15) is 0 Å². The predicted molar refractivity (Wildman–Crippen MR) is 108 cm³/mol. The number of benzene rings is 1. The first-order valence-corrected chi connectivity index (χ1v) is 10.1. The van der Waals surface area contributed by atoms with Gasteiger partial charge in [-0.05, 0) is 62.4 Å². The molecule has 1 aromatic rings. The van der Waals surface area contributed by atoms with Crippen LogP contribution in [0.25, 0.3) is 0 Å². The average Bonchev–Trinajstić information content (AvgIpc) is 2.68. The lowest BCUT2D eigenvalue weighted by Crippen LogP contribution is -2.52. The molecule has 2 unspecified atom stereocenters. The minimum absolute atomic E-state index is 0.0886. The number of aryl methyl sites for hydroxylation is 1. The number of hydrogen-bond acceptors (Lipinski definition) is 3. The van der Waals surface area contributed by atoms with Crippen molar-refractivity contribution in [2.45, 2.75) is 33.1 Å². The van der Waals surface area contributed by atoms with Crippen LogP contribution in [0.4, 0.5) is 10.5 Å². The summed E-state index contributed by atoms with van der Waals surface area (Å²) in [6.07, 6.45) is 3.04. The number of hydrogen-bond donors (Lipinski definition) is 2. The summed E-state index contributed by atoms with van der Waals surface area (Å²) in [6, 6.07) is 7.70. The van der Waals surface area contributed by atoms with E-state index in [-0.39, 0.29) is 11.9 Å². The molecule has 148 valence electrons. The molecular formula is C21H32N4O2. The van der Waals surface area contributed by atoms with Crippen LogP contribution in [0.3, 0.4) is 0 Å². The Bertz CT molecular complexity index is 649. The Balaban J connectivity index is 1.43. The molecule has 2 N–H and O–H groups in total. The molecular weight excluding hydrogens is 340 g/mol. The normalized spacial score (nSPS) is 21.6. The molecule has 0 aromatic heterocycles. The van der Waals surface area contributed by atoms with Crippen molar-refractivity contribution >= 4 is 17.6 Å². The largest absolute Gasteiger partial charge is 0.339 e. The van der Waals surface area contributed by atoms with E-state index in [0.717, 1.165) is 24.3 Å². The standard InChI is InChI=1S/C21H32N4O2/c1-16-5-3-7-19(13-16)23-21(27)25-11-9-24(10-12-25)20(26)14-17(2)18-6-4-8-22-15-18/h3,5,7,13,17-18,22H,4,6,8-12,14-15H2,1-2H3,(H,23,27). The van der Waals surface area contributed by atoms with Crippen LogP contribution in [0, 0.1) is 18.8 Å². The lowest BCUT2D eigenvalue weighted by Gasteiger charge is -2.36. The third-order valence-corrected chi connectivity index (χ3v) is 5.83. The fourth-order valence-corrected chi connectivity index (χ4v) is 4.02. The van der Waals surface area contributed by atoms with E-state index < -0.39 is 0 Å². The molecule has 6 nitrogen and oxygen atoms in total. The highest BCUT2D eigenvalue weighted by Gasteiger charge is 2.27. The van der Waals surface area contributed by atoms with Crippen LogP contribution in [-0.2, 0) is 4.79 Å². The number of piperazine rings is 1. The van der Waals surface area contributed by atoms with Crippen molar-refractivity contribution in [3.63, 3.8) is 0 Å². The zero-order valence-corrected chi connectivity index (χ0v) is 16.5. The molecule has 0 saturated carbocycles. The molecule has 0 spiro atoms. The Labute approximate surface area is 162 Å². The van der Waals surface area contributed by atoms with Crippen LogP contribution < -0.4 is 10.6 Å². The second-order valence-electron chi connectivity index (χ2n) is 7.96. The van der Waals surface area contributed by atoms with E-state index in [4.69, 9.17) is 0 Å². The summed E-state index contributed by atoms with van der Waals surface area (Å²) in [7, 11) is 0. The minimum atomic E-state index is -0.0886. The van der Waals surface area contributed by atoms with Crippen LogP contribution in [-0.4, -0.2) is 61.0 Å². The SMILES string of the molecule is Cc1cccc(NC(=O)N2CCN(C(=O)CC(C)C3CCCNC3)CC2)c1. The number of amides is 3. The highest BCUT2D eigenvalue weighted by molar-refractivity contribution is 5.89. The monoisotopic (exact) mass is 372 g/mol. The van der Waals surface area contributed by atoms with E-state index in [1.54, 1.807) is 4.90 Å². The van der Waals surface area contributed by atoms with Gasteiger partial charge in [0.05, 0.1) is 0 Å². The van der Waals surface area contributed by atoms with Crippen LogP contribution >= 0.6 is 0 Å². The Hall–Kier alpha value is -2.08. The van der Waals surface area contributed by atoms with Gasteiger partial charge < -0.3 is 20.4 Å². The molecule has 1 aromatic carbocycles. The van der Waals surface area contributed by atoms with Crippen LogP contribution in [0.2, 0.25) is 0 Å². The average molecular weight is 373 g/mol. The molecule has 6 heteroatoms. The molecule has 0 aliphatic carbocycles. The van der Waals surface area contributed by atoms with Crippen molar-refractivity contribution in [1.29, 1.82) is 0 Å². The molecule has 2 atom stereocenters. The Morgan fingerprint density at radius 3 is 2.63 bits per heavy atom. The zero-order chi connectivity index (χ0) is 19.2. The fourth-order valence-electron chi connectivity index (χ4n) is 4.02. The van der Waals surface area contributed by atoms with Crippen LogP contribution in [0.1, 0.15) is 31.7 Å². The van der Waals surface area contributed by atoms with Crippen molar-refractivity contribution < 1.29 is 9.59 Å². The molecule has 2 aliphatic heterocycles. The van der Waals surface area contributed by atoms with Gasteiger partial charge in [0.15, 0.2) is 0 Å². The molecule has 2 aliphatic rings. The lowest BCUT2D eigenvalue weighted by molar-refractivity contribution is -0.133. The molecule has 2 heterocycles. The lowest BCUT2D eigenvalue weighted by atomic mass is 9.85. The quantitative estimate of drug-likeness (QED) is 0.854. The fraction of sp³-hybridized carbons (Fsp3) is 0.619. The first kappa shape index (κ1) is 19.7. The predicted octanol–water partition coefficient (Wildman–Crippen LogP) is 2.70. The van der Waals surface area contributed by atoms with Crippen LogP contribution in [0.15, 0.2) is 24.3 Å². The number of carbonyl (C=O) groups is 2. The van der Waals surface area contributed by atoms with Crippen molar-refractivity contribution in [2.24, 2.45) is 11.8 Å². The summed E-state index contributed by atoms with van der Waals surface area (Å²) in [6.45, 7) is 8.74. The Morgan fingerprint density at radius 2 is 1.96 bits per heavy atom. The molecule has 0 bridgehead atoms. The number of nitrogens with one attached hydrogen (secondary N) is 2.